The van der Waals surface area contributed by atoms with Gasteiger partial charge in [0.2, 0.25) is 0 Å². The van der Waals surface area contributed by atoms with Gasteiger partial charge in [-0.25, -0.2) is 15.0 Å². The molecule has 3 N–H and O–H groups in total. The van der Waals surface area contributed by atoms with Crippen molar-refractivity contribution in [3.63, 3.8) is 0 Å². The Bertz CT molecular complexity index is 1050. The molecule has 1 aromatic carbocycles. The molecule has 0 aliphatic carbocycles. The first-order valence-corrected chi connectivity index (χ1v) is 9.90. The number of imidazole rings is 2. The van der Waals surface area contributed by atoms with Crippen LogP contribution in [0.1, 0.15) is 27.1 Å². The monoisotopic (exact) mass is 395 g/mol. The van der Waals surface area contributed by atoms with Crippen molar-refractivity contribution < 1.29 is 4.79 Å². The number of para-hydroxylation sites is 2. The summed E-state index contributed by atoms with van der Waals surface area (Å²) in [6.45, 7) is 1.81. The Morgan fingerprint density at radius 1 is 1.25 bits per heavy atom. The number of nitrogens with one attached hydrogen (secondary N) is 3. The van der Waals surface area contributed by atoms with Crippen LogP contribution in [0.4, 0.5) is 0 Å². The second-order valence-electron chi connectivity index (χ2n) is 6.39. The smallest absolute Gasteiger partial charge is 0.271 e. The van der Waals surface area contributed by atoms with Crippen LogP contribution < -0.4 is 10.6 Å². The van der Waals surface area contributed by atoms with Gasteiger partial charge in [-0.1, -0.05) is 12.1 Å². The van der Waals surface area contributed by atoms with E-state index in [1.165, 1.54) is 11.3 Å². The fourth-order valence-electron chi connectivity index (χ4n) is 2.84. The van der Waals surface area contributed by atoms with Gasteiger partial charge in [-0.3, -0.25) is 4.79 Å². The molecule has 0 saturated carbocycles. The van der Waals surface area contributed by atoms with Gasteiger partial charge >= 0.3 is 0 Å². The maximum Gasteiger partial charge on any atom is 0.271 e. The van der Waals surface area contributed by atoms with Gasteiger partial charge in [0.25, 0.3) is 5.91 Å². The zero-order chi connectivity index (χ0) is 19.3. The van der Waals surface area contributed by atoms with E-state index in [4.69, 9.17) is 0 Å². The molecule has 3 heterocycles. The number of benzene rings is 1. The Labute approximate surface area is 166 Å². The van der Waals surface area contributed by atoms with Crippen LogP contribution in [0.25, 0.3) is 11.0 Å². The molecule has 0 aliphatic rings. The molecule has 4 rings (SSSR count). The number of amides is 1. The Morgan fingerprint density at radius 2 is 2.14 bits per heavy atom. The number of aromatic amines is 1. The highest BCUT2D eigenvalue weighted by atomic mass is 32.1. The quantitative estimate of drug-likeness (QED) is 0.396. The number of hydrogen-bond acceptors (Lipinski definition) is 6. The molecule has 3 aromatic heterocycles. The van der Waals surface area contributed by atoms with Crippen molar-refractivity contribution in [2.75, 3.05) is 6.54 Å². The minimum Gasteiger partial charge on any atom is -0.343 e. The van der Waals surface area contributed by atoms with Gasteiger partial charge in [-0.2, -0.15) is 0 Å². The van der Waals surface area contributed by atoms with Crippen LogP contribution in [0.3, 0.4) is 0 Å². The zero-order valence-corrected chi connectivity index (χ0v) is 16.3. The first-order chi connectivity index (χ1) is 13.7. The second-order valence-corrected chi connectivity index (χ2v) is 7.33. The van der Waals surface area contributed by atoms with E-state index >= 15 is 0 Å². The van der Waals surface area contributed by atoms with Crippen molar-refractivity contribution in [2.24, 2.45) is 7.05 Å². The Kier molecular flexibility index (Phi) is 5.45. The van der Waals surface area contributed by atoms with E-state index in [1.807, 2.05) is 42.1 Å². The lowest BCUT2D eigenvalue weighted by molar-refractivity contribution is 0.0945. The van der Waals surface area contributed by atoms with Crippen molar-refractivity contribution in [2.45, 2.75) is 19.5 Å². The van der Waals surface area contributed by atoms with E-state index in [0.717, 1.165) is 40.7 Å². The molecule has 4 aromatic rings. The van der Waals surface area contributed by atoms with Gasteiger partial charge < -0.3 is 20.2 Å². The molecule has 28 heavy (non-hydrogen) atoms. The highest BCUT2D eigenvalue weighted by Gasteiger charge is 2.11. The van der Waals surface area contributed by atoms with Gasteiger partial charge in [-0.05, 0) is 12.1 Å². The predicted molar refractivity (Wildman–Crippen MR) is 108 cm³/mol. The summed E-state index contributed by atoms with van der Waals surface area (Å²) in [5.41, 5.74) is 2.47. The number of nitrogens with zero attached hydrogens (tertiary/aromatic N) is 4. The zero-order valence-electron chi connectivity index (χ0n) is 15.5. The van der Waals surface area contributed by atoms with Crippen LogP contribution in [-0.2, 0) is 26.6 Å². The van der Waals surface area contributed by atoms with Crippen molar-refractivity contribution >= 4 is 28.3 Å². The second kappa shape index (κ2) is 8.32. The minimum atomic E-state index is -0.180. The fraction of sp³-hybridized carbons (Fsp3) is 0.263. The molecule has 9 heteroatoms. The highest BCUT2D eigenvalue weighted by Crippen LogP contribution is 2.11. The summed E-state index contributed by atoms with van der Waals surface area (Å²) in [4.78, 5) is 28.7. The lowest BCUT2D eigenvalue weighted by atomic mass is 10.3. The molecule has 0 saturated heterocycles. The number of carbonyl (C=O) groups excluding carboxylic acids is 1. The van der Waals surface area contributed by atoms with Gasteiger partial charge in [0, 0.05) is 37.8 Å². The largest absolute Gasteiger partial charge is 0.343 e. The number of thiazole rings is 1. The maximum absolute atomic E-state index is 12.2. The number of aromatic nitrogens is 5. The standard InChI is InChI=1S/C19H21N7OS/c1-26-9-8-21-17(26)11-22-19(27)15-12-28-18(25-15)6-7-20-10-16-23-13-4-2-3-5-14(13)24-16/h2-5,8-9,12,20H,6-7,10-11H2,1H3,(H,22,27)(H,23,24). The van der Waals surface area contributed by atoms with Crippen LogP contribution >= 0.6 is 11.3 Å². The summed E-state index contributed by atoms with van der Waals surface area (Å²) < 4.78 is 1.88. The molecular weight excluding hydrogens is 374 g/mol. The number of aryl methyl sites for hydroxylation is 1. The minimum absolute atomic E-state index is 0.180. The summed E-state index contributed by atoms with van der Waals surface area (Å²) in [6.07, 6.45) is 4.32. The Hall–Kier alpha value is -3.04. The molecule has 0 bridgehead atoms. The number of rotatable bonds is 8. The average Bonchev–Trinajstić information content (AvgIpc) is 3.42. The predicted octanol–water partition coefficient (Wildman–Crippen LogP) is 2.02. The van der Waals surface area contributed by atoms with Crippen LogP contribution in [0.2, 0.25) is 0 Å². The Morgan fingerprint density at radius 3 is 2.96 bits per heavy atom. The van der Waals surface area contributed by atoms with Crippen molar-refractivity contribution in [1.29, 1.82) is 0 Å². The first-order valence-electron chi connectivity index (χ1n) is 9.02. The molecule has 1 amide bonds. The highest BCUT2D eigenvalue weighted by molar-refractivity contribution is 7.09. The van der Waals surface area contributed by atoms with Crippen LogP contribution in [-0.4, -0.2) is 37.0 Å². The molecule has 0 spiro atoms. The third-order valence-corrected chi connectivity index (χ3v) is 5.27. The molecule has 0 atom stereocenters. The van der Waals surface area contributed by atoms with Crippen LogP contribution in [0, 0.1) is 0 Å². The van der Waals surface area contributed by atoms with Crippen molar-refractivity contribution in [3.05, 3.63) is 64.4 Å². The van der Waals surface area contributed by atoms with Crippen LogP contribution in [0.5, 0.6) is 0 Å². The van der Waals surface area contributed by atoms with E-state index in [0.29, 0.717) is 18.8 Å². The third kappa shape index (κ3) is 4.26. The van der Waals surface area contributed by atoms with E-state index in [2.05, 4.69) is 30.6 Å². The number of fused-ring (bicyclic) bond motifs is 1. The number of H-pyrrole nitrogens is 1. The summed E-state index contributed by atoms with van der Waals surface area (Å²) in [7, 11) is 1.90. The third-order valence-electron chi connectivity index (χ3n) is 4.36. The number of hydrogen-bond donors (Lipinski definition) is 3. The molecule has 0 unspecified atom stereocenters. The molecule has 0 fully saturated rings. The molecule has 8 nitrogen and oxygen atoms in total. The van der Waals surface area contributed by atoms with Crippen molar-refractivity contribution in [1.82, 2.24) is 35.1 Å². The van der Waals surface area contributed by atoms with Crippen molar-refractivity contribution in [3.8, 4) is 0 Å². The van der Waals surface area contributed by atoms with E-state index in [1.54, 1.807) is 11.6 Å². The summed E-state index contributed by atoms with van der Waals surface area (Å²) >= 11 is 1.50. The average molecular weight is 395 g/mol. The SMILES string of the molecule is Cn1ccnc1CNC(=O)c1csc(CCNCc2nc3ccccc3[nH]2)n1. The van der Waals surface area contributed by atoms with E-state index < -0.39 is 0 Å². The Balaban J connectivity index is 1.23. The lowest BCUT2D eigenvalue weighted by Gasteiger charge is -2.03. The van der Waals surface area contributed by atoms with E-state index in [-0.39, 0.29) is 5.91 Å². The van der Waals surface area contributed by atoms with Gasteiger partial charge in [-0.15, -0.1) is 11.3 Å². The lowest BCUT2D eigenvalue weighted by Crippen LogP contribution is -2.24. The van der Waals surface area contributed by atoms with Gasteiger partial charge in [0.05, 0.1) is 29.1 Å². The normalized spacial score (nSPS) is 11.2. The summed E-state index contributed by atoms with van der Waals surface area (Å²) in [6, 6.07) is 7.98. The van der Waals surface area contributed by atoms with E-state index in [9.17, 15) is 4.79 Å². The fourth-order valence-corrected chi connectivity index (χ4v) is 3.62. The summed E-state index contributed by atoms with van der Waals surface area (Å²) in [5.74, 6) is 1.54. The summed E-state index contributed by atoms with van der Waals surface area (Å²) in [5, 5.41) is 8.94. The van der Waals surface area contributed by atoms with Crippen LogP contribution in [0.15, 0.2) is 42.0 Å². The number of carbonyl (C=O) groups is 1. The molecule has 0 radical (unpaired) electrons. The van der Waals surface area contributed by atoms with Gasteiger partial charge in [0.15, 0.2) is 0 Å². The molecule has 0 aliphatic heterocycles. The topological polar surface area (TPSA) is 101 Å². The molecular formula is C19H21N7OS. The first kappa shape index (κ1) is 18.3. The van der Waals surface area contributed by atoms with Gasteiger partial charge in [0.1, 0.15) is 17.3 Å². The maximum atomic E-state index is 12.2. The molecule has 144 valence electrons.